The molecule has 1 aromatic heterocycles. The van der Waals surface area contributed by atoms with Crippen LogP contribution in [0.1, 0.15) is 20.8 Å². The molecule has 0 aliphatic carbocycles. The van der Waals surface area contributed by atoms with E-state index in [2.05, 4.69) is 10.3 Å². The van der Waals surface area contributed by atoms with Gasteiger partial charge in [-0.25, -0.2) is 13.8 Å². The number of hydrogen-bond donors (Lipinski definition) is 2. The van der Waals surface area contributed by atoms with Crippen LogP contribution in [0.25, 0.3) is 0 Å². The van der Waals surface area contributed by atoms with Gasteiger partial charge in [0.05, 0.1) is 6.54 Å². The number of carbonyl (C=O) groups excluding carboxylic acids is 1. The predicted molar refractivity (Wildman–Crippen MR) is 70.0 cm³/mol. The van der Waals surface area contributed by atoms with Crippen molar-refractivity contribution < 1.29 is 13.6 Å². The fourth-order valence-electron chi connectivity index (χ4n) is 1.62. The highest BCUT2D eigenvalue weighted by Gasteiger charge is 2.21. The van der Waals surface area contributed by atoms with Crippen molar-refractivity contribution in [1.29, 1.82) is 0 Å². The number of aromatic nitrogens is 1. The van der Waals surface area contributed by atoms with Crippen molar-refractivity contribution in [3.8, 4) is 0 Å². The highest BCUT2D eigenvalue weighted by molar-refractivity contribution is 5.79. The normalized spacial score (nSPS) is 10.6. The topological polar surface area (TPSA) is 71.2 Å². The molecule has 1 aromatic rings. The van der Waals surface area contributed by atoms with Gasteiger partial charge in [0.15, 0.2) is 23.3 Å². The number of nitrogens with two attached hydrogens (primary N) is 1. The number of halogens is 2. The van der Waals surface area contributed by atoms with Crippen LogP contribution < -0.4 is 16.0 Å². The second-order valence-electron chi connectivity index (χ2n) is 4.34. The van der Waals surface area contributed by atoms with Gasteiger partial charge in [0.2, 0.25) is 5.91 Å². The number of primary amides is 1. The molecule has 0 unspecified atom stereocenters. The van der Waals surface area contributed by atoms with E-state index < -0.39 is 17.5 Å². The summed E-state index contributed by atoms with van der Waals surface area (Å²) in [5.41, 5.74) is 5.12. The van der Waals surface area contributed by atoms with Gasteiger partial charge in [-0.15, -0.1) is 0 Å². The average molecular weight is 272 g/mol. The molecule has 19 heavy (non-hydrogen) atoms. The Bertz CT molecular complexity index is 465. The van der Waals surface area contributed by atoms with Crippen LogP contribution in [0.4, 0.5) is 20.4 Å². The van der Waals surface area contributed by atoms with Crippen LogP contribution in [0, 0.1) is 11.6 Å². The van der Waals surface area contributed by atoms with E-state index in [1.54, 1.807) is 20.8 Å². The molecule has 5 nitrogen and oxygen atoms in total. The summed E-state index contributed by atoms with van der Waals surface area (Å²) < 4.78 is 27.3. The van der Waals surface area contributed by atoms with Gasteiger partial charge in [-0.05, 0) is 20.8 Å². The van der Waals surface area contributed by atoms with Crippen molar-refractivity contribution >= 4 is 17.5 Å². The van der Waals surface area contributed by atoms with Crippen LogP contribution in [0.5, 0.6) is 0 Å². The van der Waals surface area contributed by atoms with Crippen molar-refractivity contribution in [2.24, 2.45) is 5.73 Å². The Kier molecular flexibility index (Phi) is 5.02. The molecular formula is C12H18F2N4O. The molecule has 0 saturated carbocycles. The van der Waals surface area contributed by atoms with Crippen molar-refractivity contribution in [1.82, 2.24) is 4.98 Å². The first-order chi connectivity index (χ1) is 8.86. The minimum Gasteiger partial charge on any atom is -0.368 e. The van der Waals surface area contributed by atoms with Crippen LogP contribution in [0.2, 0.25) is 0 Å². The molecule has 0 atom stereocenters. The lowest BCUT2D eigenvalue weighted by atomic mass is 10.3. The maximum absolute atomic E-state index is 13.8. The molecule has 1 rings (SSSR count). The summed E-state index contributed by atoms with van der Waals surface area (Å²) in [7, 11) is 0. The van der Waals surface area contributed by atoms with Crippen LogP contribution in [0.15, 0.2) is 6.07 Å². The summed E-state index contributed by atoms with van der Waals surface area (Å²) in [6, 6.07) is 0.547. The zero-order valence-electron chi connectivity index (χ0n) is 11.2. The Hall–Kier alpha value is -1.92. The smallest absolute Gasteiger partial charge is 0.237 e. The number of amides is 1. The van der Waals surface area contributed by atoms with E-state index in [1.165, 1.54) is 4.90 Å². The van der Waals surface area contributed by atoms with Crippen molar-refractivity contribution in [2.75, 3.05) is 23.3 Å². The predicted octanol–water partition coefficient (Wildman–Crippen LogP) is 1.49. The maximum Gasteiger partial charge on any atom is 0.237 e. The molecule has 0 aromatic carbocycles. The largest absolute Gasteiger partial charge is 0.368 e. The highest BCUT2D eigenvalue weighted by atomic mass is 19.1. The Morgan fingerprint density at radius 3 is 2.58 bits per heavy atom. The van der Waals surface area contributed by atoms with Gasteiger partial charge in [0, 0.05) is 18.7 Å². The highest BCUT2D eigenvalue weighted by Crippen LogP contribution is 2.23. The number of nitrogens with zero attached hydrogens (tertiary/aromatic N) is 2. The summed E-state index contributed by atoms with van der Waals surface area (Å²) in [4.78, 5) is 16.3. The number of nitrogens with one attached hydrogen (secondary N) is 1. The fraction of sp³-hybridized carbons (Fsp3) is 0.500. The van der Waals surface area contributed by atoms with E-state index in [-0.39, 0.29) is 24.2 Å². The molecule has 0 bridgehead atoms. The number of anilines is 2. The molecule has 0 saturated heterocycles. The third-order valence-corrected chi connectivity index (χ3v) is 2.48. The summed E-state index contributed by atoms with van der Waals surface area (Å²) in [6.07, 6.45) is 0. The lowest BCUT2D eigenvalue weighted by Gasteiger charge is -2.27. The standard InChI is InChI=1S/C12H18F2N4O/c1-4-16-11-8(13)5-9(14)12(17-11)18(7(2)3)6-10(15)19/h5,7H,4,6H2,1-3H3,(H2,15,19)(H,16,17). The first kappa shape index (κ1) is 15.1. The Balaban J connectivity index is 3.21. The lowest BCUT2D eigenvalue weighted by molar-refractivity contribution is -0.116. The molecule has 3 N–H and O–H groups in total. The Morgan fingerprint density at radius 1 is 1.47 bits per heavy atom. The lowest BCUT2D eigenvalue weighted by Crippen LogP contribution is -2.39. The van der Waals surface area contributed by atoms with Crippen LogP contribution in [0.3, 0.4) is 0 Å². The van der Waals surface area contributed by atoms with Gasteiger partial charge in [0.1, 0.15) is 0 Å². The van der Waals surface area contributed by atoms with Gasteiger partial charge in [0.25, 0.3) is 0 Å². The number of carbonyl (C=O) groups is 1. The molecule has 0 fully saturated rings. The third-order valence-electron chi connectivity index (χ3n) is 2.48. The molecule has 1 amide bonds. The van der Waals surface area contributed by atoms with E-state index >= 15 is 0 Å². The molecule has 1 heterocycles. The second kappa shape index (κ2) is 6.31. The summed E-state index contributed by atoms with van der Waals surface area (Å²) in [5, 5.41) is 2.69. The van der Waals surface area contributed by atoms with Crippen LogP contribution in [-0.2, 0) is 4.79 Å². The van der Waals surface area contributed by atoms with Gasteiger partial charge < -0.3 is 16.0 Å². The molecule has 0 aliphatic rings. The molecule has 0 radical (unpaired) electrons. The van der Waals surface area contributed by atoms with Crippen molar-refractivity contribution in [3.05, 3.63) is 17.7 Å². The number of rotatable bonds is 6. The maximum atomic E-state index is 13.8. The number of hydrogen-bond acceptors (Lipinski definition) is 4. The zero-order valence-corrected chi connectivity index (χ0v) is 11.2. The summed E-state index contributed by atoms with van der Waals surface area (Å²) in [5.74, 6) is -2.34. The van der Waals surface area contributed by atoms with E-state index in [1.807, 2.05) is 0 Å². The van der Waals surface area contributed by atoms with E-state index in [4.69, 9.17) is 5.73 Å². The summed E-state index contributed by atoms with van der Waals surface area (Å²) in [6.45, 7) is 5.57. The van der Waals surface area contributed by atoms with E-state index in [9.17, 15) is 13.6 Å². The quantitative estimate of drug-likeness (QED) is 0.823. The molecule has 0 spiro atoms. The SMILES string of the molecule is CCNc1nc(N(CC(N)=O)C(C)C)c(F)cc1F. The first-order valence-electron chi connectivity index (χ1n) is 6.01. The Morgan fingerprint density at radius 2 is 2.11 bits per heavy atom. The monoisotopic (exact) mass is 272 g/mol. The van der Waals surface area contributed by atoms with Crippen LogP contribution in [-0.4, -0.2) is 30.0 Å². The third kappa shape index (κ3) is 3.77. The zero-order chi connectivity index (χ0) is 14.6. The van der Waals surface area contributed by atoms with E-state index in [0.29, 0.717) is 6.54 Å². The van der Waals surface area contributed by atoms with Gasteiger partial charge in [-0.2, -0.15) is 0 Å². The molecule has 7 heteroatoms. The summed E-state index contributed by atoms with van der Waals surface area (Å²) >= 11 is 0. The van der Waals surface area contributed by atoms with Gasteiger partial charge in [-0.3, -0.25) is 4.79 Å². The second-order valence-corrected chi connectivity index (χ2v) is 4.34. The Labute approximate surface area is 110 Å². The number of pyridine rings is 1. The minimum absolute atomic E-state index is 0.0472. The molecular weight excluding hydrogens is 254 g/mol. The molecule has 0 aliphatic heterocycles. The fourth-order valence-corrected chi connectivity index (χ4v) is 1.62. The minimum atomic E-state index is -0.825. The van der Waals surface area contributed by atoms with Gasteiger partial charge in [-0.1, -0.05) is 0 Å². The van der Waals surface area contributed by atoms with Crippen molar-refractivity contribution in [3.63, 3.8) is 0 Å². The molecule has 106 valence electrons. The first-order valence-corrected chi connectivity index (χ1v) is 6.01. The van der Waals surface area contributed by atoms with Gasteiger partial charge >= 0.3 is 0 Å². The van der Waals surface area contributed by atoms with Crippen molar-refractivity contribution in [2.45, 2.75) is 26.8 Å². The van der Waals surface area contributed by atoms with E-state index in [0.717, 1.165) is 6.07 Å². The average Bonchev–Trinajstić information content (AvgIpc) is 2.29. The van der Waals surface area contributed by atoms with Crippen LogP contribution >= 0.6 is 0 Å².